The number of benzene rings is 2. The molecule has 0 aliphatic carbocycles. The second-order valence-electron chi connectivity index (χ2n) is 9.09. The van der Waals surface area contributed by atoms with Gasteiger partial charge in [0.1, 0.15) is 5.82 Å². The van der Waals surface area contributed by atoms with E-state index in [0.29, 0.717) is 39.0 Å². The lowest BCUT2D eigenvalue weighted by molar-refractivity contribution is -0.137. The number of hydrogen-bond acceptors (Lipinski definition) is 5. The van der Waals surface area contributed by atoms with E-state index in [9.17, 15) is 13.2 Å². The molecule has 3 aromatic rings. The van der Waals surface area contributed by atoms with E-state index in [1.807, 2.05) is 53.4 Å². The topological polar surface area (TPSA) is 73.8 Å². The van der Waals surface area contributed by atoms with Crippen LogP contribution >= 0.6 is 0 Å². The third-order valence-corrected chi connectivity index (χ3v) is 8.87. The summed E-state index contributed by atoms with van der Waals surface area (Å²) in [5, 5.41) is 0. The van der Waals surface area contributed by atoms with Gasteiger partial charge in [-0.2, -0.15) is 4.31 Å². The van der Waals surface area contributed by atoms with Crippen LogP contribution in [-0.4, -0.2) is 61.2 Å². The number of amides is 1. The highest BCUT2D eigenvalue weighted by molar-refractivity contribution is 7.89. The molecule has 2 saturated heterocycles. The SMILES string of the molecule is O=C([C@@H]1CC[C@H](c2ccccc2)N(S(=O)(=O)c2ccccc2)C1)N1CCN(c2ccccn2)CC1. The fourth-order valence-electron chi connectivity index (χ4n) is 5.10. The molecule has 5 rings (SSSR count). The van der Waals surface area contributed by atoms with Gasteiger partial charge in [-0.15, -0.1) is 0 Å². The van der Waals surface area contributed by atoms with E-state index >= 15 is 0 Å². The molecule has 0 radical (unpaired) electrons. The van der Waals surface area contributed by atoms with E-state index in [2.05, 4.69) is 9.88 Å². The van der Waals surface area contributed by atoms with E-state index in [-0.39, 0.29) is 29.3 Å². The normalized spacial score (nSPS) is 21.6. The highest BCUT2D eigenvalue weighted by Crippen LogP contribution is 2.38. The molecule has 2 atom stereocenters. The number of aromatic nitrogens is 1. The first-order chi connectivity index (χ1) is 17.0. The van der Waals surface area contributed by atoms with Gasteiger partial charge in [0.2, 0.25) is 15.9 Å². The second-order valence-corrected chi connectivity index (χ2v) is 11.0. The van der Waals surface area contributed by atoms with Gasteiger partial charge >= 0.3 is 0 Å². The summed E-state index contributed by atoms with van der Waals surface area (Å²) >= 11 is 0. The van der Waals surface area contributed by atoms with Crippen LogP contribution in [0.3, 0.4) is 0 Å². The van der Waals surface area contributed by atoms with E-state index < -0.39 is 10.0 Å². The quantitative estimate of drug-likeness (QED) is 0.547. The maximum absolute atomic E-state index is 13.7. The molecule has 182 valence electrons. The zero-order chi connectivity index (χ0) is 24.3. The molecule has 0 spiro atoms. The first kappa shape index (κ1) is 23.5. The van der Waals surface area contributed by atoms with Crippen LogP contribution in [0.25, 0.3) is 0 Å². The summed E-state index contributed by atoms with van der Waals surface area (Å²) < 4.78 is 29.0. The maximum Gasteiger partial charge on any atom is 0.243 e. The zero-order valence-electron chi connectivity index (χ0n) is 19.6. The molecule has 3 heterocycles. The monoisotopic (exact) mass is 490 g/mol. The average Bonchev–Trinajstić information content (AvgIpc) is 2.94. The van der Waals surface area contributed by atoms with Crippen LogP contribution in [0, 0.1) is 5.92 Å². The van der Waals surface area contributed by atoms with Crippen molar-refractivity contribution in [1.29, 1.82) is 0 Å². The summed E-state index contributed by atoms with van der Waals surface area (Å²) in [6.07, 6.45) is 3.06. The van der Waals surface area contributed by atoms with E-state index in [1.165, 1.54) is 0 Å². The Morgan fingerprint density at radius 3 is 2.11 bits per heavy atom. The van der Waals surface area contributed by atoms with Gasteiger partial charge in [-0.1, -0.05) is 54.6 Å². The zero-order valence-corrected chi connectivity index (χ0v) is 20.4. The molecular weight excluding hydrogens is 460 g/mol. The molecule has 2 aromatic carbocycles. The lowest BCUT2D eigenvalue weighted by Gasteiger charge is -2.41. The van der Waals surface area contributed by atoms with Crippen molar-refractivity contribution in [2.24, 2.45) is 5.92 Å². The predicted octanol–water partition coefficient (Wildman–Crippen LogP) is 3.57. The Morgan fingerprint density at radius 1 is 0.800 bits per heavy atom. The van der Waals surface area contributed by atoms with E-state index in [0.717, 1.165) is 11.4 Å². The fourth-order valence-corrected chi connectivity index (χ4v) is 6.81. The molecule has 8 heteroatoms. The number of anilines is 1. The molecule has 0 N–H and O–H groups in total. The van der Waals surface area contributed by atoms with Crippen molar-refractivity contribution in [2.45, 2.75) is 23.8 Å². The molecule has 7 nitrogen and oxygen atoms in total. The van der Waals surface area contributed by atoms with Crippen LogP contribution in [-0.2, 0) is 14.8 Å². The van der Waals surface area contributed by atoms with Gasteiger partial charge in [0.25, 0.3) is 0 Å². The number of sulfonamides is 1. The Kier molecular flexibility index (Phi) is 6.83. The number of pyridine rings is 1. The minimum Gasteiger partial charge on any atom is -0.353 e. The smallest absolute Gasteiger partial charge is 0.243 e. The number of carbonyl (C=O) groups excluding carboxylic acids is 1. The number of nitrogens with zero attached hydrogens (tertiary/aromatic N) is 4. The Bertz CT molecular complexity index is 1230. The number of carbonyl (C=O) groups is 1. The second kappa shape index (κ2) is 10.2. The molecule has 0 saturated carbocycles. The molecule has 0 bridgehead atoms. The van der Waals surface area contributed by atoms with Gasteiger partial charge < -0.3 is 9.80 Å². The first-order valence-electron chi connectivity index (χ1n) is 12.1. The Morgan fingerprint density at radius 2 is 1.46 bits per heavy atom. The molecule has 35 heavy (non-hydrogen) atoms. The minimum absolute atomic E-state index is 0.0467. The summed E-state index contributed by atoms with van der Waals surface area (Å²) in [5.74, 6) is 0.614. The van der Waals surface area contributed by atoms with Crippen molar-refractivity contribution in [3.63, 3.8) is 0 Å². The number of piperazine rings is 1. The maximum atomic E-state index is 13.7. The van der Waals surface area contributed by atoms with Crippen molar-refractivity contribution in [2.75, 3.05) is 37.6 Å². The van der Waals surface area contributed by atoms with Gasteiger partial charge in [-0.3, -0.25) is 4.79 Å². The summed E-state index contributed by atoms with van der Waals surface area (Å²) in [6.45, 7) is 2.84. The summed E-state index contributed by atoms with van der Waals surface area (Å²) in [6, 6.07) is 23.8. The highest BCUT2D eigenvalue weighted by Gasteiger charge is 2.41. The molecule has 1 amide bonds. The lowest BCUT2D eigenvalue weighted by atomic mass is 9.90. The fraction of sp³-hybridized carbons (Fsp3) is 0.333. The largest absolute Gasteiger partial charge is 0.353 e. The highest BCUT2D eigenvalue weighted by atomic mass is 32.2. The lowest BCUT2D eigenvalue weighted by Crippen LogP contribution is -2.53. The summed E-state index contributed by atoms with van der Waals surface area (Å²) in [7, 11) is -3.76. The van der Waals surface area contributed by atoms with Gasteiger partial charge in [-0.05, 0) is 42.7 Å². The van der Waals surface area contributed by atoms with Crippen molar-refractivity contribution >= 4 is 21.7 Å². The van der Waals surface area contributed by atoms with E-state index in [4.69, 9.17) is 0 Å². The van der Waals surface area contributed by atoms with Crippen LogP contribution in [0.1, 0.15) is 24.4 Å². The molecule has 2 aliphatic rings. The van der Waals surface area contributed by atoms with Gasteiger partial charge in [0.15, 0.2) is 0 Å². The Hall–Kier alpha value is -3.23. The Balaban J connectivity index is 1.34. The standard InChI is InChI=1S/C27H30N4O3S/c32-27(30-19-17-29(18-20-30)26-13-7-8-16-28-26)23-14-15-25(22-9-3-1-4-10-22)31(21-23)35(33,34)24-11-5-2-6-12-24/h1-13,16,23,25H,14-15,17-21H2/t23-,25-/m1/s1. The van der Waals surface area contributed by atoms with Crippen LogP contribution in [0.4, 0.5) is 5.82 Å². The number of rotatable bonds is 5. The Labute approximate surface area is 207 Å². The molecule has 1 aromatic heterocycles. The van der Waals surface area contributed by atoms with Crippen LogP contribution in [0.2, 0.25) is 0 Å². The molecule has 2 aliphatic heterocycles. The van der Waals surface area contributed by atoms with Crippen LogP contribution in [0.15, 0.2) is 90.0 Å². The van der Waals surface area contributed by atoms with Crippen molar-refractivity contribution in [1.82, 2.24) is 14.2 Å². The average molecular weight is 491 g/mol. The van der Waals surface area contributed by atoms with Crippen LogP contribution in [0.5, 0.6) is 0 Å². The summed E-state index contributed by atoms with van der Waals surface area (Å²) in [4.78, 5) is 22.3. The molecule has 2 fully saturated rings. The molecular formula is C27H30N4O3S. The number of hydrogen-bond donors (Lipinski definition) is 0. The minimum atomic E-state index is -3.76. The van der Waals surface area contributed by atoms with Crippen molar-refractivity contribution < 1.29 is 13.2 Å². The summed E-state index contributed by atoms with van der Waals surface area (Å²) in [5.41, 5.74) is 0.960. The third kappa shape index (κ3) is 4.94. The first-order valence-corrected chi connectivity index (χ1v) is 13.5. The van der Waals surface area contributed by atoms with Gasteiger partial charge in [0.05, 0.1) is 16.9 Å². The van der Waals surface area contributed by atoms with E-state index in [1.54, 1.807) is 40.8 Å². The van der Waals surface area contributed by atoms with Crippen molar-refractivity contribution in [3.05, 3.63) is 90.6 Å². The number of piperidine rings is 1. The van der Waals surface area contributed by atoms with Gasteiger partial charge in [0, 0.05) is 38.9 Å². The van der Waals surface area contributed by atoms with Crippen molar-refractivity contribution in [3.8, 4) is 0 Å². The predicted molar refractivity (Wildman–Crippen MR) is 135 cm³/mol. The van der Waals surface area contributed by atoms with Gasteiger partial charge in [-0.25, -0.2) is 13.4 Å². The van der Waals surface area contributed by atoms with Crippen LogP contribution < -0.4 is 4.90 Å². The third-order valence-electron chi connectivity index (χ3n) is 6.98. The molecule has 0 unspecified atom stereocenters.